The number of nitrogens with zero attached hydrogens (tertiary/aromatic N) is 4. The third-order valence-corrected chi connectivity index (χ3v) is 2.70. The van der Waals surface area contributed by atoms with Gasteiger partial charge < -0.3 is 4.57 Å². The molecule has 2 heterocycles. The summed E-state index contributed by atoms with van der Waals surface area (Å²) in [6.45, 7) is 5.07. The van der Waals surface area contributed by atoms with Crippen LogP contribution in [0.2, 0.25) is 0 Å². The normalized spacial score (nSPS) is 10.7. The van der Waals surface area contributed by atoms with Crippen molar-refractivity contribution in [3.05, 3.63) is 16.7 Å². The summed E-state index contributed by atoms with van der Waals surface area (Å²) in [5.41, 5.74) is 0.929. The monoisotopic (exact) mass is 208 g/mol. The molecule has 0 N–H and O–H groups in total. The van der Waals surface area contributed by atoms with Crippen LogP contribution in [0.15, 0.2) is 11.7 Å². The van der Waals surface area contributed by atoms with Gasteiger partial charge in [-0.1, -0.05) is 6.92 Å². The average Bonchev–Trinajstić information content (AvgIpc) is 2.74. The molecule has 0 amide bonds. The number of aryl methyl sites for hydroxylation is 2. The van der Waals surface area contributed by atoms with Crippen LogP contribution in [0.3, 0.4) is 0 Å². The van der Waals surface area contributed by atoms with Gasteiger partial charge in [0.15, 0.2) is 5.82 Å². The lowest BCUT2D eigenvalue weighted by Crippen LogP contribution is -1.98. The van der Waals surface area contributed by atoms with Gasteiger partial charge in [-0.15, -0.1) is 21.5 Å². The molecular formula is C9H12N4S. The summed E-state index contributed by atoms with van der Waals surface area (Å²) in [6.07, 6.45) is 2.83. The van der Waals surface area contributed by atoms with Crippen LogP contribution in [0, 0.1) is 6.92 Å². The van der Waals surface area contributed by atoms with Crippen LogP contribution in [-0.4, -0.2) is 19.7 Å². The fraction of sp³-hybridized carbons (Fsp3) is 0.444. The molecule has 2 aromatic rings. The molecule has 14 heavy (non-hydrogen) atoms. The minimum atomic E-state index is 0.871. The second-order valence-corrected chi connectivity index (χ2v) is 4.16. The smallest absolute Gasteiger partial charge is 0.183 e. The SMILES string of the molecule is CCCn1cnnc1-c1csc(C)n1. The van der Waals surface area contributed by atoms with Crippen LogP contribution < -0.4 is 0 Å². The van der Waals surface area contributed by atoms with Gasteiger partial charge >= 0.3 is 0 Å². The first-order valence-corrected chi connectivity index (χ1v) is 5.49. The zero-order chi connectivity index (χ0) is 9.97. The van der Waals surface area contributed by atoms with Gasteiger partial charge in [-0.25, -0.2) is 4.98 Å². The lowest BCUT2D eigenvalue weighted by Gasteiger charge is -2.00. The van der Waals surface area contributed by atoms with E-state index in [0.717, 1.165) is 29.5 Å². The number of hydrogen-bond donors (Lipinski definition) is 0. The molecule has 0 atom stereocenters. The van der Waals surface area contributed by atoms with E-state index in [4.69, 9.17) is 0 Å². The zero-order valence-corrected chi connectivity index (χ0v) is 9.08. The Kier molecular flexibility index (Phi) is 2.58. The van der Waals surface area contributed by atoms with Crippen LogP contribution in [0.1, 0.15) is 18.4 Å². The number of thiazole rings is 1. The number of rotatable bonds is 3. The van der Waals surface area contributed by atoms with Gasteiger partial charge in [0.2, 0.25) is 0 Å². The molecule has 0 saturated heterocycles. The van der Waals surface area contributed by atoms with E-state index in [1.165, 1.54) is 0 Å². The van der Waals surface area contributed by atoms with E-state index in [9.17, 15) is 0 Å². The van der Waals surface area contributed by atoms with Crippen molar-refractivity contribution < 1.29 is 0 Å². The molecule has 4 nitrogen and oxygen atoms in total. The molecule has 2 aromatic heterocycles. The zero-order valence-electron chi connectivity index (χ0n) is 8.27. The maximum atomic E-state index is 4.39. The van der Waals surface area contributed by atoms with E-state index < -0.39 is 0 Å². The lowest BCUT2D eigenvalue weighted by molar-refractivity contribution is 0.681. The van der Waals surface area contributed by atoms with Crippen LogP contribution >= 0.6 is 11.3 Å². The highest BCUT2D eigenvalue weighted by atomic mass is 32.1. The van der Waals surface area contributed by atoms with Gasteiger partial charge in [0, 0.05) is 11.9 Å². The molecular weight excluding hydrogens is 196 g/mol. The van der Waals surface area contributed by atoms with Crippen LogP contribution in [0.4, 0.5) is 0 Å². The first kappa shape index (κ1) is 9.33. The minimum absolute atomic E-state index is 0.871. The Hall–Kier alpha value is -1.23. The molecule has 2 rings (SSSR count). The molecule has 0 saturated carbocycles. The summed E-state index contributed by atoms with van der Waals surface area (Å²) >= 11 is 1.64. The Morgan fingerprint density at radius 3 is 3.00 bits per heavy atom. The van der Waals surface area contributed by atoms with Crippen LogP contribution in [0.5, 0.6) is 0 Å². The van der Waals surface area contributed by atoms with Gasteiger partial charge in [0.25, 0.3) is 0 Å². The van der Waals surface area contributed by atoms with Gasteiger partial charge in [-0.3, -0.25) is 0 Å². The maximum absolute atomic E-state index is 4.39. The summed E-state index contributed by atoms with van der Waals surface area (Å²) in [6, 6.07) is 0. The van der Waals surface area contributed by atoms with Gasteiger partial charge in [0.1, 0.15) is 12.0 Å². The quantitative estimate of drug-likeness (QED) is 0.776. The van der Waals surface area contributed by atoms with Crippen molar-refractivity contribution in [3.63, 3.8) is 0 Å². The summed E-state index contributed by atoms with van der Waals surface area (Å²) < 4.78 is 2.04. The van der Waals surface area contributed by atoms with E-state index in [1.54, 1.807) is 17.7 Å². The van der Waals surface area contributed by atoms with Crippen molar-refractivity contribution in [2.75, 3.05) is 0 Å². The van der Waals surface area contributed by atoms with Crippen molar-refractivity contribution in [2.45, 2.75) is 26.8 Å². The highest BCUT2D eigenvalue weighted by molar-refractivity contribution is 7.09. The summed E-state index contributed by atoms with van der Waals surface area (Å²) in [4.78, 5) is 4.39. The fourth-order valence-corrected chi connectivity index (χ4v) is 1.92. The van der Waals surface area contributed by atoms with Gasteiger partial charge in [-0.2, -0.15) is 0 Å². The van der Waals surface area contributed by atoms with E-state index in [2.05, 4.69) is 22.1 Å². The van der Waals surface area contributed by atoms with Crippen LogP contribution in [0.25, 0.3) is 11.5 Å². The van der Waals surface area contributed by atoms with Crippen molar-refractivity contribution in [1.82, 2.24) is 19.7 Å². The molecule has 74 valence electrons. The van der Waals surface area contributed by atoms with Crippen molar-refractivity contribution >= 4 is 11.3 Å². The Labute approximate surface area is 86.6 Å². The molecule has 0 spiro atoms. The molecule has 0 radical (unpaired) electrons. The third-order valence-electron chi connectivity index (χ3n) is 1.93. The second kappa shape index (κ2) is 3.88. The predicted octanol–water partition coefficient (Wildman–Crippen LogP) is 2.12. The maximum Gasteiger partial charge on any atom is 0.183 e. The summed E-state index contributed by atoms with van der Waals surface area (Å²) in [7, 11) is 0. The average molecular weight is 208 g/mol. The van der Waals surface area contributed by atoms with E-state index >= 15 is 0 Å². The fourth-order valence-electron chi connectivity index (χ4n) is 1.32. The molecule has 0 aliphatic carbocycles. The largest absolute Gasteiger partial charge is 0.312 e. The highest BCUT2D eigenvalue weighted by Gasteiger charge is 2.09. The van der Waals surface area contributed by atoms with E-state index in [-0.39, 0.29) is 0 Å². The Morgan fingerprint density at radius 2 is 2.36 bits per heavy atom. The van der Waals surface area contributed by atoms with Crippen molar-refractivity contribution in [3.8, 4) is 11.5 Å². The first-order chi connectivity index (χ1) is 6.81. The molecule has 5 heteroatoms. The standard InChI is InChI=1S/C9H12N4S/c1-3-4-13-6-10-12-9(13)8-5-14-7(2)11-8/h5-6H,3-4H2,1-2H3. The minimum Gasteiger partial charge on any atom is -0.312 e. The Bertz CT molecular complexity index is 418. The van der Waals surface area contributed by atoms with E-state index in [1.807, 2.05) is 16.9 Å². The molecule has 0 aromatic carbocycles. The highest BCUT2D eigenvalue weighted by Crippen LogP contribution is 2.19. The predicted molar refractivity (Wildman–Crippen MR) is 56.2 cm³/mol. The second-order valence-electron chi connectivity index (χ2n) is 3.10. The Morgan fingerprint density at radius 1 is 1.50 bits per heavy atom. The van der Waals surface area contributed by atoms with Crippen LogP contribution in [-0.2, 0) is 6.54 Å². The lowest BCUT2D eigenvalue weighted by atomic mass is 10.4. The van der Waals surface area contributed by atoms with Crippen molar-refractivity contribution in [2.24, 2.45) is 0 Å². The molecule has 0 aliphatic heterocycles. The number of aromatic nitrogens is 4. The number of hydrogen-bond acceptors (Lipinski definition) is 4. The molecule has 0 fully saturated rings. The van der Waals surface area contributed by atoms with Gasteiger partial charge in [0.05, 0.1) is 5.01 Å². The first-order valence-electron chi connectivity index (χ1n) is 4.61. The Balaban J connectivity index is 2.36. The third kappa shape index (κ3) is 1.68. The topological polar surface area (TPSA) is 43.6 Å². The molecule has 0 bridgehead atoms. The van der Waals surface area contributed by atoms with Gasteiger partial charge in [-0.05, 0) is 13.3 Å². The summed E-state index contributed by atoms with van der Waals surface area (Å²) in [5, 5.41) is 11.1. The summed E-state index contributed by atoms with van der Waals surface area (Å²) in [5.74, 6) is 0.871. The van der Waals surface area contributed by atoms with Crippen molar-refractivity contribution in [1.29, 1.82) is 0 Å². The van der Waals surface area contributed by atoms with E-state index in [0.29, 0.717) is 0 Å². The molecule has 0 aliphatic rings. The molecule has 0 unspecified atom stereocenters.